The van der Waals surface area contributed by atoms with Gasteiger partial charge in [0.15, 0.2) is 6.10 Å². The van der Waals surface area contributed by atoms with Crippen molar-refractivity contribution < 1.29 is 9.84 Å². The zero-order chi connectivity index (χ0) is 12.4. The minimum atomic E-state index is -1.17. The third-order valence-electron chi connectivity index (χ3n) is 3.20. The number of nitrogens with zero attached hydrogens (tertiary/aromatic N) is 1. The first-order valence-corrected chi connectivity index (χ1v) is 6.02. The van der Waals surface area contributed by atoms with Crippen LogP contribution < -0.4 is 4.74 Å². The average molecular weight is 252 g/mol. The highest BCUT2D eigenvalue weighted by Crippen LogP contribution is 2.40. The number of nitriles is 1. The summed E-state index contributed by atoms with van der Waals surface area (Å²) >= 11 is 6.12. The Bertz CT molecular complexity index is 479. The second kappa shape index (κ2) is 4.95. The lowest BCUT2D eigenvalue weighted by Crippen LogP contribution is -2.11. The Morgan fingerprint density at radius 1 is 1.47 bits per heavy atom. The molecule has 1 aromatic rings. The van der Waals surface area contributed by atoms with Crippen LogP contribution in [0, 0.1) is 11.3 Å². The third kappa shape index (κ3) is 2.11. The smallest absolute Gasteiger partial charge is 0.169 e. The maximum Gasteiger partial charge on any atom is 0.169 e. The molecule has 0 amide bonds. The van der Waals surface area contributed by atoms with Crippen LogP contribution in [0.1, 0.15) is 35.6 Å². The van der Waals surface area contributed by atoms with Crippen LogP contribution in [0.25, 0.3) is 0 Å². The Labute approximate surface area is 106 Å². The highest BCUT2D eigenvalue weighted by Gasteiger charge is 2.24. The summed E-state index contributed by atoms with van der Waals surface area (Å²) in [5.74, 6) is 0.432. The summed E-state index contributed by atoms with van der Waals surface area (Å²) in [6.45, 7) is 0. The van der Waals surface area contributed by atoms with Gasteiger partial charge in [-0.05, 0) is 42.9 Å². The van der Waals surface area contributed by atoms with Gasteiger partial charge >= 0.3 is 0 Å². The summed E-state index contributed by atoms with van der Waals surface area (Å²) in [6.07, 6.45) is 2.84. The molecule has 0 aliphatic heterocycles. The van der Waals surface area contributed by atoms with Gasteiger partial charge in [0.05, 0.1) is 18.2 Å². The number of benzene rings is 1. The zero-order valence-corrected chi connectivity index (χ0v) is 10.4. The molecule has 1 aliphatic rings. The minimum Gasteiger partial charge on any atom is -0.495 e. The molecule has 4 heteroatoms. The molecule has 0 heterocycles. The molecule has 0 saturated carbocycles. The third-order valence-corrected chi connectivity index (χ3v) is 3.48. The summed E-state index contributed by atoms with van der Waals surface area (Å²) in [4.78, 5) is 0. The Kier molecular flexibility index (Phi) is 3.56. The van der Waals surface area contributed by atoms with E-state index in [1.165, 1.54) is 7.11 Å². The number of ether oxygens (including phenoxy) is 1. The highest BCUT2D eigenvalue weighted by atomic mass is 35.5. The molecule has 0 spiro atoms. The molecule has 0 radical (unpaired) electrons. The van der Waals surface area contributed by atoms with Crippen molar-refractivity contribution in [3.05, 3.63) is 27.8 Å². The maximum atomic E-state index is 9.82. The number of hydrogen-bond acceptors (Lipinski definition) is 3. The van der Waals surface area contributed by atoms with Gasteiger partial charge in [-0.3, -0.25) is 0 Å². The molecule has 1 unspecified atom stereocenters. The van der Waals surface area contributed by atoms with E-state index in [0.717, 1.165) is 36.8 Å². The lowest BCUT2D eigenvalue weighted by molar-refractivity contribution is 0.228. The molecule has 17 heavy (non-hydrogen) atoms. The zero-order valence-electron chi connectivity index (χ0n) is 9.66. The van der Waals surface area contributed by atoms with Crippen molar-refractivity contribution in [1.82, 2.24) is 0 Å². The van der Waals surface area contributed by atoms with Crippen LogP contribution in [0.3, 0.4) is 0 Å². The molecule has 2 rings (SSSR count). The van der Waals surface area contributed by atoms with Crippen LogP contribution >= 0.6 is 11.6 Å². The molecule has 1 atom stereocenters. The van der Waals surface area contributed by atoms with Crippen LogP contribution in [0.2, 0.25) is 5.02 Å². The first-order valence-electron chi connectivity index (χ1n) is 5.64. The largest absolute Gasteiger partial charge is 0.495 e. The fourth-order valence-corrected chi connectivity index (χ4v) is 2.75. The quantitative estimate of drug-likeness (QED) is 0.823. The Morgan fingerprint density at radius 2 is 2.18 bits per heavy atom. The van der Waals surface area contributed by atoms with Gasteiger partial charge in [0.2, 0.25) is 0 Å². The summed E-state index contributed by atoms with van der Waals surface area (Å²) in [5.41, 5.74) is 2.72. The van der Waals surface area contributed by atoms with Gasteiger partial charge in [0.1, 0.15) is 5.75 Å². The van der Waals surface area contributed by atoms with E-state index >= 15 is 0 Å². The first kappa shape index (κ1) is 12.2. The van der Waals surface area contributed by atoms with E-state index in [1.54, 1.807) is 0 Å². The van der Waals surface area contributed by atoms with Crippen LogP contribution in [-0.4, -0.2) is 12.2 Å². The number of rotatable bonds is 2. The molecule has 1 aromatic carbocycles. The molecule has 1 N–H and O–H groups in total. The Balaban J connectivity index is 2.66. The predicted molar refractivity (Wildman–Crippen MR) is 65.2 cm³/mol. The summed E-state index contributed by atoms with van der Waals surface area (Å²) in [6, 6.07) is 3.74. The molecule has 0 aromatic heterocycles. The molecule has 0 bridgehead atoms. The minimum absolute atomic E-state index is 0.432. The van der Waals surface area contributed by atoms with Crippen molar-refractivity contribution in [3.8, 4) is 11.8 Å². The Morgan fingerprint density at radius 3 is 2.82 bits per heavy atom. The lowest BCUT2D eigenvalue weighted by Gasteiger charge is -2.23. The summed E-state index contributed by atoms with van der Waals surface area (Å²) in [7, 11) is 1.50. The van der Waals surface area contributed by atoms with E-state index in [0.29, 0.717) is 16.3 Å². The number of aryl methyl sites for hydroxylation is 1. The monoisotopic (exact) mass is 251 g/mol. The van der Waals surface area contributed by atoms with E-state index in [4.69, 9.17) is 21.6 Å². The Hall–Kier alpha value is -1.24. The van der Waals surface area contributed by atoms with Gasteiger partial charge in [-0.1, -0.05) is 11.6 Å². The number of aliphatic hydroxyl groups excluding tert-OH is 1. The van der Waals surface area contributed by atoms with Crippen molar-refractivity contribution in [2.75, 3.05) is 7.11 Å². The van der Waals surface area contributed by atoms with Crippen molar-refractivity contribution in [3.63, 3.8) is 0 Å². The molecule has 90 valence electrons. The van der Waals surface area contributed by atoms with Crippen LogP contribution in [0.15, 0.2) is 6.07 Å². The number of methoxy groups -OCH3 is 1. The topological polar surface area (TPSA) is 53.2 Å². The fraction of sp³-hybridized carbons (Fsp3) is 0.462. The predicted octanol–water partition coefficient (Wildman–Crippen LogP) is 2.78. The highest BCUT2D eigenvalue weighted by molar-refractivity contribution is 6.32. The second-order valence-corrected chi connectivity index (χ2v) is 4.59. The van der Waals surface area contributed by atoms with Crippen molar-refractivity contribution >= 4 is 11.6 Å². The number of hydrogen-bond donors (Lipinski definition) is 1. The van der Waals surface area contributed by atoms with Crippen molar-refractivity contribution in [2.24, 2.45) is 0 Å². The maximum absolute atomic E-state index is 9.82. The molecule has 1 aliphatic carbocycles. The van der Waals surface area contributed by atoms with Gasteiger partial charge in [0.25, 0.3) is 0 Å². The van der Waals surface area contributed by atoms with Crippen LogP contribution in [0.4, 0.5) is 0 Å². The SMILES string of the molecule is COc1c(Cl)cc2c(c1C(O)C#N)CCCC2. The number of halogens is 1. The molecule has 3 nitrogen and oxygen atoms in total. The second-order valence-electron chi connectivity index (χ2n) is 4.18. The van der Waals surface area contributed by atoms with Gasteiger partial charge in [-0.15, -0.1) is 0 Å². The average Bonchev–Trinajstić information content (AvgIpc) is 2.36. The van der Waals surface area contributed by atoms with Crippen molar-refractivity contribution in [2.45, 2.75) is 31.8 Å². The van der Waals surface area contributed by atoms with Gasteiger partial charge in [-0.25, -0.2) is 0 Å². The summed E-state index contributed by atoms with van der Waals surface area (Å²) < 4.78 is 5.22. The first-order chi connectivity index (χ1) is 8.19. The van der Waals surface area contributed by atoms with Crippen LogP contribution in [0.5, 0.6) is 5.75 Å². The van der Waals surface area contributed by atoms with Crippen molar-refractivity contribution in [1.29, 1.82) is 5.26 Å². The lowest BCUT2D eigenvalue weighted by atomic mass is 9.86. The molecular formula is C13H14ClNO2. The molecule has 0 fully saturated rings. The van der Waals surface area contributed by atoms with E-state index in [2.05, 4.69) is 0 Å². The number of fused-ring (bicyclic) bond motifs is 1. The normalized spacial score (nSPS) is 15.9. The fourth-order valence-electron chi connectivity index (χ4n) is 2.44. The van der Waals surface area contributed by atoms with Crippen LogP contribution in [-0.2, 0) is 12.8 Å². The van der Waals surface area contributed by atoms with E-state index in [1.807, 2.05) is 12.1 Å². The standard InChI is InChI=1S/C13H14ClNO2/c1-17-13-10(14)6-8-4-2-3-5-9(8)12(13)11(16)7-15/h6,11,16H,2-5H2,1H3. The summed E-state index contributed by atoms with van der Waals surface area (Å²) in [5, 5.41) is 19.2. The van der Waals surface area contributed by atoms with Gasteiger partial charge in [0, 0.05) is 5.56 Å². The number of aliphatic hydroxyl groups is 1. The van der Waals surface area contributed by atoms with Gasteiger partial charge < -0.3 is 9.84 Å². The van der Waals surface area contributed by atoms with E-state index in [-0.39, 0.29) is 0 Å². The molecular weight excluding hydrogens is 238 g/mol. The van der Waals surface area contributed by atoms with E-state index in [9.17, 15) is 5.11 Å². The van der Waals surface area contributed by atoms with Gasteiger partial charge in [-0.2, -0.15) is 5.26 Å². The van der Waals surface area contributed by atoms with E-state index < -0.39 is 6.10 Å². The molecule has 0 saturated heterocycles.